The monoisotopic (exact) mass is 236 g/mol. The molecule has 0 saturated carbocycles. The molecule has 0 amide bonds. The number of nitrogens with one attached hydrogen (secondary N) is 1. The van der Waals surface area contributed by atoms with Crippen molar-refractivity contribution < 1.29 is 0 Å². The van der Waals surface area contributed by atoms with Crippen LogP contribution in [0.5, 0.6) is 0 Å². The average Bonchev–Trinajstić information content (AvgIpc) is 2.79. The van der Waals surface area contributed by atoms with Crippen molar-refractivity contribution in [2.75, 3.05) is 32.0 Å². The van der Waals surface area contributed by atoms with Crippen LogP contribution < -0.4 is 5.32 Å². The molecule has 0 bridgehead atoms. The topological polar surface area (TPSA) is 33.1 Å². The number of aromatic nitrogens is 2. The first-order valence-electron chi connectivity index (χ1n) is 6.73. The lowest BCUT2D eigenvalue weighted by molar-refractivity contribution is 0.215. The molecule has 1 saturated heterocycles. The van der Waals surface area contributed by atoms with E-state index in [1.165, 1.54) is 32.4 Å². The fourth-order valence-electron chi connectivity index (χ4n) is 2.47. The van der Waals surface area contributed by atoms with Crippen LogP contribution in [0.25, 0.3) is 0 Å². The van der Waals surface area contributed by atoms with Crippen molar-refractivity contribution in [3.63, 3.8) is 0 Å². The molecule has 1 aromatic heterocycles. The van der Waals surface area contributed by atoms with Crippen LogP contribution in [-0.4, -0.2) is 41.1 Å². The van der Waals surface area contributed by atoms with Gasteiger partial charge in [-0.1, -0.05) is 0 Å². The maximum Gasteiger partial charge on any atom is 0.202 e. The predicted octanol–water partition coefficient (Wildman–Crippen LogP) is 2.05. The third kappa shape index (κ3) is 3.46. The van der Waals surface area contributed by atoms with Crippen LogP contribution >= 0.6 is 0 Å². The smallest absolute Gasteiger partial charge is 0.202 e. The van der Waals surface area contributed by atoms with Gasteiger partial charge in [0.05, 0.1) is 0 Å². The number of piperidine rings is 1. The standard InChI is InChI=1S/C13H24N4/c1-3-17-11-8-15-13(17)14-7-4-12-5-9-16(2)10-6-12/h8,11-12H,3-7,9-10H2,1-2H3,(H,14,15). The van der Waals surface area contributed by atoms with Crippen molar-refractivity contribution in [3.8, 4) is 0 Å². The number of nitrogens with zero attached hydrogens (tertiary/aromatic N) is 3. The summed E-state index contributed by atoms with van der Waals surface area (Å²) in [6.45, 7) is 6.69. The molecule has 0 radical (unpaired) electrons. The number of likely N-dealkylation sites (tertiary alicyclic amines) is 1. The third-order valence-corrected chi connectivity index (χ3v) is 3.73. The summed E-state index contributed by atoms with van der Waals surface area (Å²) in [4.78, 5) is 6.75. The Morgan fingerprint density at radius 2 is 2.18 bits per heavy atom. The minimum atomic E-state index is 0.892. The van der Waals surface area contributed by atoms with E-state index in [1.54, 1.807) is 0 Å². The second-order valence-corrected chi connectivity index (χ2v) is 5.00. The van der Waals surface area contributed by atoms with Crippen LogP contribution in [0.4, 0.5) is 5.95 Å². The molecule has 0 aromatic carbocycles. The summed E-state index contributed by atoms with van der Waals surface area (Å²) in [6.07, 6.45) is 7.85. The Bertz CT molecular complexity index is 326. The summed E-state index contributed by atoms with van der Waals surface area (Å²) in [5.74, 6) is 1.91. The Kier molecular flexibility index (Phi) is 4.42. The zero-order chi connectivity index (χ0) is 12.1. The molecule has 17 heavy (non-hydrogen) atoms. The van der Waals surface area contributed by atoms with Crippen molar-refractivity contribution >= 4 is 5.95 Å². The molecule has 2 heterocycles. The fraction of sp³-hybridized carbons (Fsp3) is 0.769. The van der Waals surface area contributed by atoms with Gasteiger partial charge in [-0.2, -0.15) is 0 Å². The molecule has 1 aromatic rings. The first-order chi connectivity index (χ1) is 8.29. The Balaban J connectivity index is 1.69. The molecule has 1 aliphatic rings. The Labute approximate surface area is 104 Å². The van der Waals surface area contributed by atoms with Crippen molar-refractivity contribution in [2.45, 2.75) is 32.7 Å². The largest absolute Gasteiger partial charge is 0.356 e. The lowest BCUT2D eigenvalue weighted by Crippen LogP contribution is -2.31. The van der Waals surface area contributed by atoms with Gasteiger partial charge in [-0.25, -0.2) is 4.98 Å². The summed E-state index contributed by atoms with van der Waals surface area (Å²) in [5.41, 5.74) is 0. The highest BCUT2D eigenvalue weighted by molar-refractivity contribution is 5.25. The summed E-state index contributed by atoms with van der Waals surface area (Å²) in [5, 5.41) is 3.44. The van der Waals surface area contributed by atoms with Gasteiger partial charge in [0.25, 0.3) is 0 Å². The van der Waals surface area contributed by atoms with Gasteiger partial charge < -0.3 is 14.8 Å². The Morgan fingerprint density at radius 1 is 1.41 bits per heavy atom. The maximum absolute atomic E-state index is 4.33. The average molecular weight is 236 g/mol. The van der Waals surface area contributed by atoms with Gasteiger partial charge in [0.2, 0.25) is 5.95 Å². The van der Waals surface area contributed by atoms with Crippen molar-refractivity contribution in [2.24, 2.45) is 5.92 Å². The molecular formula is C13H24N4. The molecule has 4 heteroatoms. The summed E-state index contributed by atoms with van der Waals surface area (Å²) >= 11 is 0. The number of imidazole rings is 1. The minimum Gasteiger partial charge on any atom is -0.356 e. The van der Waals surface area contributed by atoms with E-state index in [2.05, 4.69) is 33.7 Å². The molecular weight excluding hydrogens is 212 g/mol. The molecule has 4 nitrogen and oxygen atoms in total. The van der Waals surface area contributed by atoms with Crippen LogP contribution in [-0.2, 0) is 6.54 Å². The van der Waals surface area contributed by atoms with E-state index in [0.717, 1.165) is 25.0 Å². The van der Waals surface area contributed by atoms with Gasteiger partial charge >= 0.3 is 0 Å². The quantitative estimate of drug-likeness (QED) is 0.849. The van der Waals surface area contributed by atoms with E-state index < -0.39 is 0 Å². The molecule has 0 spiro atoms. The molecule has 0 aliphatic carbocycles. The normalized spacial score (nSPS) is 18.5. The number of hydrogen-bond donors (Lipinski definition) is 1. The highest BCUT2D eigenvalue weighted by Crippen LogP contribution is 2.19. The second kappa shape index (κ2) is 6.05. The van der Waals surface area contributed by atoms with E-state index >= 15 is 0 Å². The summed E-state index contributed by atoms with van der Waals surface area (Å²) in [6, 6.07) is 0. The third-order valence-electron chi connectivity index (χ3n) is 3.73. The van der Waals surface area contributed by atoms with E-state index in [-0.39, 0.29) is 0 Å². The van der Waals surface area contributed by atoms with Gasteiger partial charge in [0.15, 0.2) is 0 Å². The summed E-state index contributed by atoms with van der Waals surface area (Å²) < 4.78 is 2.15. The van der Waals surface area contributed by atoms with Crippen LogP contribution in [0.15, 0.2) is 12.4 Å². The van der Waals surface area contributed by atoms with E-state index in [9.17, 15) is 0 Å². The van der Waals surface area contributed by atoms with Crippen LogP contribution in [0.2, 0.25) is 0 Å². The number of anilines is 1. The van der Waals surface area contributed by atoms with Gasteiger partial charge in [0.1, 0.15) is 0 Å². The van der Waals surface area contributed by atoms with Gasteiger partial charge in [-0.3, -0.25) is 0 Å². The second-order valence-electron chi connectivity index (χ2n) is 5.00. The Hall–Kier alpha value is -1.03. The lowest BCUT2D eigenvalue weighted by atomic mass is 9.94. The maximum atomic E-state index is 4.33. The molecule has 1 N–H and O–H groups in total. The highest BCUT2D eigenvalue weighted by Gasteiger charge is 2.16. The zero-order valence-corrected chi connectivity index (χ0v) is 11.0. The first-order valence-corrected chi connectivity index (χ1v) is 6.73. The van der Waals surface area contributed by atoms with Crippen molar-refractivity contribution in [1.29, 1.82) is 0 Å². The zero-order valence-electron chi connectivity index (χ0n) is 11.0. The van der Waals surface area contributed by atoms with E-state index in [1.807, 2.05) is 12.4 Å². The van der Waals surface area contributed by atoms with Gasteiger partial charge in [0, 0.05) is 25.5 Å². The number of rotatable bonds is 5. The molecule has 0 atom stereocenters. The van der Waals surface area contributed by atoms with Crippen LogP contribution in [0, 0.1) is 5.92 Å². The van der Waals surface area contributed by atoms with Gasteiger partial charge in [-0.05, 0) is 52.2 Å². The first kappa shape index (κ1) is 12.4. The van der Waals surface area contributed by atoms with Crippen molar-refractivity contribution in [3.05, 3.63) is 12.4 Å². The molecule has 2 rings (SSSR count). The Morgan fingerprint density at radius 3 is 2.88 bits per heavy atom. The number of aryl methyl sites for hydroxylation is 1. The van der Waals surface area contributed by atoms with Gasteiger partial charge in [-0.15, -0.1) is 0 Å². The van der Waals surface area contributed by atoms with E-state index in [0.29, 0.717) is 0 Å². The van der Waals surface area contributed by atoms with Crippen LogP contribution in [0.3, 0.4) is 0 Å². The minimum absolute atomic E-state index is 0.892. The molecule has 1 aliphatic heterocycles. The SMILES string of the molecule is CCn1ccnc1NCCC1CCN(C)CC1. The molecule has 96 valence electrons. The predicted molar refractivity (Wildman–Crippen MR) is 71.2 cm³/mol. The van der Waals surface area contributed by atoms with Crippen molar-refractivity contribution in [1.82, 2.24) is 14.5 Å². The van der Waals surface area contributed by atoms with Crippen LogP contribution in [0.1, 0.15) is 26.2 Å². The fourth-order valence-corrected chi connectivity index (χ4v) is 2.47. The number of hydrogen-bond acceptors (Lipinski definition) is 3. The molecule has 1 fully saturated rings. The van der Waals surface area contributed by atoms with E-state index in [4.69, 9.17) is 0 Å². The lowest BCUT2D eigenvalue weighted by Gasteiger charge is -2.28. The summed E-state index contributed by atoms with van der Waals surface area (Å²) in [7, 11) is 2.21. The highest BCUT2D eigenvalue weighted by atomic mass is 15.2. The molecule has 0 unspecified atom stereocenters.